The molecule has 4 heteroatoms. The molecule has 0 saturated heterocycles. The van der Waals surface area contributed by atoms with Crippen LogP contribution in [0.5, 0.6) is 0 Å². The molecule has 1 atom stereocenters. The number of nitriles is 1. The van der Waals surface area contributed by atoms with E-state index in [0.29, 0.717) is 5.56 Å². The SMILES string of the molecule is Cc1cccc2ncnc(N[C@H](C)c3cccc(C#N)c3)c12. The zero-order valence-corrected chi connectivity index (χ0v) is 12.5. The maximum Gasteiger partial charge on any atom is 0.138 e. The predicted octanol–water partition coefficient (Wildman–Crippen LogP) is 3.98. The summed E-state index contributed by atoms with van der Waals surface area (Å²) in [7, 11) is 0. The van der Waals surface area contributed by atoms with Crippen molar-refractivity contribution in [1.29, 1.82) is 5.26 Å². The first kappa shape index (κ1) is 14.0. The fourth-order valence-corrected chi connectivity index (χ4v) is 2.56. The van der Waals surface area contributed by atoms with Crippen LogP contribution in [0.1, 0.15) is 29.7 Å². The van der Waals surface area contributed by atoms with Crippen molar-refractivity contribution < 1.29 is 0 Å². The Kier molecular flexibility index (Phi) is 3.71. The van der Waals surface area contributed by atoms with Gasteiger partial charge in [-0.25, -0.2) is 9.97 Å². The maximum absolute atomic E-state index is 9.02. The lowest BCUT2D eigenvalue weighted by atomic mass is 10.0. The molecule has 0 fully saturated rings. The summed E-state index contributed by atoms with van der Waals surface area (Å²) in [6, 6.07) is 15.9. The molecule has 22 heavy (non-hydrogen) atoms. The first-order chi connectivity index (χ1) is 10.7. The summed E-state index contributed by atoms with van der Waals surface area (Å²) in [6.07, 6.45) is 1.57. The molecule has 0 radical (unpaired) electrons. The fraction of sp³-hybridized carbons (Fsp3) is 0.167. The van der Waals surface area contributed by atoms with Gasteiger partial charge in [0.1, 0.15) is 12.1 Å². The molecule has 2 aromatic carbocycles. The van der Waals surface area contributed by atoms with Crippen molar-refractivity contribution in [2.24, 2.45) is 0 Å². The minimum atomic E-state index is 0.0472. The number of nitrogens with one attached hydrogen (secondary N) is 1. The predicted molar refractivity (Wildman–Crippen MR) is 87.5 cm³/mol. The number of benzene rings is 2. The van der Waals surface area contributed by atoms with Crippen LogP contribution in [0.25, 0.3) is 10.9 Å². The van der Waals surface area contributed by atoms with Gasteiger partial charge in [0.25, 0.3) is 0 Å². The second-order valence-electron chi connectivity index (χ2n) is 5.29. The number of hydrogen-bond donors (Lipinski definition) is 1. The van der Waals surface area contributed by atoms with Gasteiger partial charge in [-0.1, -0.05) is 24.3 Å². The van der Waals surface area contributed by atoms with Crippen molar-refractivity contribution in [2.45, 2.75) is 19.9 Å². The van der Waals surface area contributed by atoms with Crippen LogP contribution in [0.15, 0.2) is 48.8 Å². The molecule has 108 valence electrons. The average Bonchev–Trinajstić information content (AvgIpc) is 2.55. The Morgan fingerprint density at radius 3 is 2.77 bits per heavy atom. The molecule has 3 aromatic rings. The highest BCUT2D eigenvalue weighted by Crippen LogP contribution is 2.26. The van der Waals surface area contributed by atoms with Crippen LogP contribution in [0.2, 0.25) is 0 Å². The van der Waals surface area contributed by atoms with E-state index < -0.39 is 0 Å². The number of anilines is 1. The van der Waals surface area contributed by atoms with E-state index in [1.165, 1.54) is 0 Å². The molecule has 1 N–H and O–H groups in total. The van der Waals surface area contributed by atoms with Gasteiger partial charge in [0.2, 0.25) is 0 Å². The molecule has 0 spiro atoms. The quantitative estimate of drug-likeness (QED) is 0.791. The van der Waals surface area contributed by atoms with E-state index in [1.807, 2.05) is 30.3 Å². The molecule has 4 nitrogen and oxygen atoms in total. The largest absolute Gasteiger partial charge is 0.363 e. The van der Waals surface area contributed by atoms with Gasteiger partial charge in [-0.3, -0.25) is 0 Å². The van der Waals surface area contributed by atoms with Crippen LogP contribution in [-0.2, 0) is 0 Å². The minimum Gasteiger partial charge on any atom is -0.363 e. The molecule has 0 unspecified atom stereocenters. The first-order valence-electron chi connectivity index (χ1n) is 7.16. The monoisotopic (exact) mass is 288 g/mol. The van der Waals surface area contributed by atoms with Crippen molar-refractivity contribution in [1.82, 2.24) is 9.97 Å². The lowest BCUT2D eigenvalue weighted by Crippen LogP contribution is -2.09. The lowest BCUT2D eigenvalue weighted by Gasteiger charge is -2.17. The molecule has 1 aromatic heterocycles. The van der Waals surface area contributed by atoms with Crippen LogP contribution < -0.4 is 5.32 Å². The van der Waals surface area contributed by atoms with Crippen molar-refractivity contribution in [2.75, 3.05) is 5.32 Å². The van der Waals surface area contributed by atoms with Gasteiger partial charge in [0, 0.05) is 5.39 Å². The highest BCUT2D eigenvalue weighted by molar-refractivity contribution is 5.91. The fourth-order valence-electron chi connectivity index (χ4n) is 2.56. The number of aryl methyl sites for hydroxylation is 1. The Balaban J connectivity index is 1.98. The van der Waals surface area contributed by atoms with Crippen LogP contribution in [0.4, 0.5) is 5.82 Å². The van der Waals surface area contributed by atoms with Crippen LogP contribution in [0, 0.1) is 18.3 Å². The van der Waals surface area contributed by atoms with Crippen molar-refractivity contribution in [3.63, 3.8) is 0 Å². The van der Waals surface area contributed by atoms with Crippen LogP contribution in [0.3, 0.4) is 0 Å². The van der Waals surface area contributed by atoms with E-state index in [0.717, 1.165) is 27.8 Å². The molecule has 0 bridgehead atoms. The maximum atomic E-state index is 9.02. The Bertz CT molecular complexity index is 859. The number of aromatic nitrogens is 2. The van der Waals surface area contributed by atoms with Crippen molar-refractivity contribution in [3.8, 4) is 6.07 Å². The zero-order chi connectivity index (χ0) is 15.5. The van der Waals surface area contributed by atoms with Gasteiger partial charge < -0.3 is 5.32 Å². The summed E-state index contributed by atoms with van der Waals surface area (Å²) in [5.41, 5.74) is 3.78. The van der Waals surface area contributed by atoms with E-state index in [-0.39, 0.29) is 6.04 Å². The number of rotatable bonds is 3. The highest BCUT2D eigenvalue weighted by atomic mass is 15.0. The molecule has 0 aliphatic rings. The molecule has 3 rings (SSSR count). The number of fused-ring (bicyclic) bond motifs is 1. The molecular weight excluding hydrogens is 272 g/mol. The number of hydrogen-bond acceptors (Lipinski definition) is 4. The van der Waals surface area contributed by atoms with E-state index in [4.69, 9.17) is 5.26 Å². The summed E-state index contributed by atoms with van der Waals surface area (Å²) >= 11 is 0. The van der Waals surface area contributed by atoms with Gasteiger partial charge >= 0.3 is 0 Å². The summed E-state index contributed by atoms with van der Waals surface area (Å²) in [5.74, 6) is 0.818. The second kappa shape index (κ2) is 5.82. The third kappa shape index (κ3) is 2.61. The first-order valence-corrected chi connectivity index (χ1v) is 7.16. The van der Waals surface area contributed by atoms with E-state index >= 15 is 0 Å². The van der Waals surface area contributed by atoms with Gasteiger partial charge in [-0.15, -0.1) is 0 Å². The van der Waals surface area contributed by atoms with Crippen molar-refractivity contribution >= 4 is 16.7 Å². The third-order valence-electron chi connectivity index (χ3n) is 3.74. The summed E-state index contributed by atoms with van der Waals surface area (Å²) in [6.45, 7) is 4.11. The minimum absolute atomic E-state index is 0.0472. The third-order valence-corrected chi connectivity index (χ3v) is 3.74. The van der Waals surface area contributed by atoms with Gasteiger partial charge in [-0.05, 0) is 43.2 Å². The Labute approximate surface area is 129 Å². The molecule has 0 amide bonds. The molecular formula is C18H16N4. The summed E-state index contributed by atoms with van der Waals surface area (Å²) in [4.78, 5) is 8.70. The Morgan fingerprint density at radius 2 is 1.95 bits per heavy atom. The van der Waals surface area contributed by atoms with E-state index in [1.54, 1.807) is 12.4 Å². The smallest absolute Gasteiger partial charge is 0.138 e. The number of nitrogens with zero attached hydrogens (tertiary/aromatic N) is 3. The lowest BCUT2D eigenvalue weighted by molar-refractivity contribution is 0.875. The van der Waals surface area contributed by atoms with E-state index in [9.17, 15) is 0 Å². The normalized spacial score (nSPS) is 11.9. The summed E-state index contributed by atoms with van der Waals surface area (Å²) in [5, 5.41) is 13.5. The molecule has 0 saturated carbocycles. The van der Waals surface area contributed by atoms with E-state index in [2.05, 4.69) is 41.3 Å². The Hall–Kier alpha value is -2.93. The zero-order valence-electron chi connectivity index (χ0n) is 12.5. The standard InChI is InChI=1S/C18H16N4/c1-12-5-3-8-16-17(12)18(21-11-20-16)22-13(2)15-7-4-6-14(9-15)10-19/h3-9,11,13H,1-2H3,(H,20,21,22)/t13-/m1/s1. The van der Waals surface area contributed by atoms with Gasteiger partial charge in [0.15, 0.2) is 0 Å². The Morgan fingerprint density at radius 1 is 1.14 bits per heavy atom. The molecule has 0 aliphatic carbocycles. The van der Waals surface area contributed by atoms with Gasteiger partial charge in [0.05, 0.1) is 23.2 Å². The van der Waals surface area contributed by atoms with Crippen molar-refractivity contribution in [3.05, 3.63) is 65.5 Å². The molecule has 1 heterocycles. The van der Waals surface area contributed by atoms with Crippen LogP contribution in [-0.4, -0.2) is 9.97 Å². The van der Waals surface area contributed by atoms with Crippen LogP contribution >= 0.6 is 0 Å². The summed E-state index contributed by atoms with van der Waals surface area (Å²) < 4.78 is 0. The second-order valence-corrected chi connectivity index (χ2v) is 5.29. The van der Waals surface area contributed by atoms with Gasteiger partial charge in [-0.2, -0.15) is 5.26 Å². The highest BCUT2D eigenvalue weighted by Gasteiger charge is 2.11. The molecule has 0 aliphatic heterocycles. The average molecular weight is 288 g/mol. The topological polar surface area (TPSA) is 61.6 Å².